The lowest BCUT2D eigenvalue weighted by Crippen LogP contribution is -2.44. The normalized spacial score (nSPS) is 11.6. The summed E-state index contributed by atoms with van der Waals surface area (Å²) in [5.74, 6) is 0.332. The Kier molecular flexibility index (Phi) is 10.3. The van der Waals surface area contributed by atoms with Crippen molar-refractivity contribution < 1.29 is 22.9 Å². The molecule has 4 rings (SSSR count). The highest BCUT2D eigenvalue weighted by atomic mass is 32.2. The molecule has 1 heterocycles. The minimum absolute atomic E-state index is 0.0664. The highest BCUT2D eigenvalue weighted by Gasteiger charge is 2.30. The van der Waals surface area contributed by atoms with Crippen molar-refractivity contribution in [3.8, 4) is 5.75 Å². The molecule has 11 heteroatoms. The van der Waals surface area contributed by atoms with Crippen molar-refractivity contribution in [3.63, 3.8) is 0 Å². The Morgan fingerprint density at radius 2 is 1.63 bits per heavy atom. The Bertz CT molecular complexity index is 1640. The van der Waals surface area contributed by atoms with E-state index in [-0.39, 0.29) is 48.6 Å². The van der Waals surface area contributed by atoms with Crippen molar-refractivity contribution >= 4 is 21.6 Å². The van der Waals surface area contributed by atoms with Gasteiger partial charge in [0.05, 0.1) is 30.0 Å². The van der Waals surface area contributed by atoms with Crippen LogP contribution >= 0.6 is 0 Å². The van der Waals surface area contributed by atoms with Gasteiger partial charge in [-0.05, 0) is 53.4 Å². The van der Waals surface area contributed by atoms with Gasteiger partial charge in [0.25, 0.3) is 5.69 Å². The van der Waals surface area contributed by atoms with E-state index in [4.69, 9.17) is 4.74 Å². The first kappa shape index (κ1) is 31.5. The highest BCUT2D eigenvalue weighted by Crippen LogP contribution is 2.22. The van der Waals surface area contributed by atoms with Gasteiger partial charge < -0.3 is 14.2 Å². The first-order valence-corrected chi connectivity index (χ1v) is 15.3. The van der Waals surface area contributed by atoms with E-state index in [1.807, 2.05) is 86.8 Å². The van der Waals surface area contributed by atoms with Crippen LogP contribution in [0.1, 0.15) is 30.7 Å². The average Bonchev–Trinajstić information content (AvgIpc) is 3.43. The number of rotatable bonds is 14. The maximum atomic E-state index is 13.9. The lowest BCUT2D eigenvalue weighted by molar-refractivity contribution is -0.384. The third-order valence-electron chi connectivity index (χ3n) is 6.90. The molecule has 0 saturated heterocycles. The number of nitro benzene ring substituents is 1. The van der Waals surface area contributed by atoms with Gasteiger partial charge in [-0.3, -0.25) is 14.9 Å². The standard InChI is InChI=1S/C32H36N4O6S/c1-25(2)20-35(43(40,41)31-16-14-28(15-17-31)36(38)39)24-32(37)34(21-26-9-5-4-6-10-26)23-29-12-8-18-33(29)22-27-11-7-13-30(19-27)42-3/h4-19,25H,20-24H2,1-3H3. The van der Waals surface area contributed by atoms with E-state index in [0.29, 0.717) is 6.54 Å². The molecule has 4 aromatic rings. The molecule has 0 aliphatic rings. The molecule has 0 atom stereocenters. The number of amides is 1. The summed E-state index contributed by atoms with van der Waals surface area (Å²) in [7, 11) is -2.49. The van der Waals surface area contributed by atoms with Crippen LogP contribution in [0.2, 0.25) is 0 Å². The fourth-order valence-corrected chi connectivity index (χ4v) is 6.29. The molecule has 0 bridgehead atoms. The summed E-state index contributed by atoms with van der Waals surface area (Å²) in [5, 5.41) is 11.1. The number of benzene rings is 3. The number of carbonyl (C=O) groups excluding carboxylic acids is 1. The molecule has 1 aromatic heterocycles. The lowest BCUT2D eigenvalue weighted by Gasteiger charge is -2.29. The molecule has 0 saturated carbocycles. The number of methoxy groups -OCH3 is 1. The first-order chi connectivity index (χ1) is 20.6. The SMILES string of the molecule is COc1cccc(Cn2cccc2CN(Cc2ccccc2)C(=O)CN(CC(C)C)S(=O)(=O)c2ccc([N+](=O)[O-])cc2)c1. The van der Waals surface area contributed by atoms with Crippen LogP contribution in [0.25, 0.3) is 0 Å². The van der Waals surface area contributed by atoms with Gasteiger partial charge in [-0.2, -0.15) is 4.31 Å². The third-order valence-corrected chi connectivity index (χ3v) is 8.72. The number of hydrogen-bond donors (Lipinski definition) is 0. The molecule has 0 unspecified atom stereocenters. The zero-order valence-electron chi connectivity index (χ0n) is 24.5. The predicted molar refractivity (Wildman–Crippen MR) is 164 cm³/mol. The van der Waals surface area contributed by atoms with Gasteiger partial charge in [0.15, 0.2) is 0 Å². The quantitative estimate of drug-likeness (QED) is 0.142. The van der Waals surface area contributed by atoms with Gasteiger partial charge in [-0.25, -0.2) is 8.42 Å². The van der Waals surface area contributed by atoms with Crippen molar-refractivity contribution in [2.45, 2.75) is 38.4 Å². The van der Waals surface area contributed by atoms with Crippen molar-refractivity contribution in [3.05, 3.63) is 124 Å². The predicted octanol–water partition coefficient (Wildman–Crippen LogP) is 5.33. The molecule has 1 amide bonds. The number of nitro groups is 1. The molecule has 0 spiro atoms. The molecule has 0 aliphatic heterocycles. The second-order valence-electron chi connectivity index (χ2n) is 10.7. The van der Waals surface area contributed by atoms with Crippen molar-refractivity contribution in [2.24, 2.45) is 5.92 Å². The zero-order chi connectivity index (χ0) is 31.0. The average molecular weight is 605 g/mol. The molecule has 0 aliphatic carbocycles. The summed E-state index contributed by atoms with van der Waals surface area (Å²) in [6.07, 6.45) is 1.95. The fourth-order valence-electron chi connectivity index (χ4n) is 4.74. The Labute approximate surface area is 252 Å². The number of aromatic nitrogens is 1. The van der Waals surface area contributed by atoms with Gasteiger partial charge in [0.2, 0.25) is 15.9 Å². The Morgan fingerprint density at radius 1 is 0.930 bits per heavy atom. The lowest BCUT2D eigenvalue weighted by atomic mass is 10.2. The maximum Gasteiger partial charge on any atom is 0.269 e. The van der Waals surface area contributed by atoms with Gasteiger partial charge in [0, 0.05) is 43.7 Å². The molecule has 0 N–H and O–H groups in total. The number of non-ortho nitro benzene ring substituents is 1. The molecular weight excluding hydrogens is 568 g/mol. The molecular formula is C32H36N4O6S. The van der Waals surface area contributed by atoms with E-state index in [1.165, 1.54) is 12.1 Å². The Balaban J connectivity index is 1.61. The van der Waals surface area contributed by atoms with Crippen LogP contribution in [0.5, 0.6) is 5.75 Å². The van der Waals surface area contributed by atoms with Gasteiger partial charge in [-0.1, -0.05) is 56.3 Å². The summed E-state index contributed by atoms with van der Waals surface area (Å²) >= 11 is 0. The van der Waals surface area contributed by atoms with Crippen molar-refractivity contribution in [1.82, 2.24) is 13.8 Å². The van der Waals surface area contributed by atoms with Crippen molar-refractivity contribution in [1.29, 1.82) is 0 Å². The molecule has 226 valence electrons. The molecule has 10 nitrogen and oxygen atoms in total. The topological polar surface area (TPSA) is 115 Å². The van der Waals surface area contributed by atoms with Crippen LogP contribution in [0, 0.1) is 16.0 Å². The smallest absolute Gasteiger partial charge is 0.269 e. The summed E-state index contributed by atoms with van der Waals surface area (Å²) < 4.78 is 35.9. The number of hydrogen-bond acceptors (Lipinski definition) is 6. The largest absolute Gasteiger partial charge is 0.497 e. The Morgan fingerprint density at radius 3 is 2.28 bits per heavy atom. The molecule has 0 fully saturated rings. The zero-order valence-corrected chi connectivity index (χ0v) is 25.3. The maximum absolute atomic E-state index is 13.9. The van der Waals surface area contributed by atoms with Crippen LogP contribution in [0.15, 0.2) is 102 Å². The number of sulfonamides is 1. The van der Waals surface area contributed by atoms with Crippen LogP contribution in [0.4, 0.5) is 5.69 Å². The van der Waals surface area contributed by atoms with Gasteiger partial charge >= 0.3 is 0 Å². The highest BCUT2D eigenvalue weighted by molar-refractivity contribution is 7.89. The van der Waals surface area contributed by atoms with Crippen molar-refractivity contribution in [2.75, 3.05) is 20.2 Å². The van der Waals surface area contributed by atoms with Crippen LogP contribution < -0.4 is 4.74 Å². The van der Waals surface area contributed by atoms with Gasteiger partial charge in [-0.15, -0.1) is 0 Å². The fraction of sp³-hybridized carbons (Fsp3) is 0.281. The Hall–Kier alpha value is -4.48. The van der Waals surface area contributed by atoms with Crippen LogP contribution in [-0.2, 0) is 34.5 Å². The van der Waals surface area contributed by atoms with Gasteiger partial charge in [0.1, 0.15) is 5.75 Å². The second-order valence-corrected chi connectivity index (χ2v) is 12.6. The van der Waals surface area contributed by atoms with Crippen LogP contribution in [-0.4, -0.2) is 53.2 Å². The number of carbonyl (C=O) groups is 1. The van der Waals surface area contributed by atoms with E-state index < -0.39 is 14.9 Å². The minimum Gasteiger partial charge on any atom is -0.497 e. The molecule has 3 aromatic carbocycles. The summed E-state index contributed by atoms with van der Waals surface area (Å²) in [6, 6.07) is 25.9. The first-order valence-electron chi connectivity index (χ1n) is 13.9. The summed E-state index contributed by atoms with van der Waals surface area (Å²) in [5.41, 5.74) is 2.63. The number of ether oxygens (including phenoxy) is 1. The summed E-state index contributed by atoms with van der Waals surface area (Å²) in [6.45, 7) is 4.60. The molecule has 43 heavy (non-hydrogen) atoms. The monoisotopic (exact) mass is 604 g/mol. The third kappa shape index (κ3) is 8.30. The van der Waals surface area contributed by atoms with E-state index in [0.717, 1.165) is 39.0 Å². The minimum atomic E-state index is -4.11. The second kappa shape index (κ2) is 14.1. The van der Waals surface area contributed by atoms with E-state index >= 15 is 0 Å². The summed E-state index contributed by atoms with van der Waals surface area (Å²) in [4.78, 5) is 26.0. The molecule has 0 radical (unpaired) electrons. The van der Waals surface area contributed by atoms with Crippen LogP contribution in [0.3, 0.4) is 0 Å². The van der Waals surface area contributed by atoms with E-state index in [1.54, 1.807) is 12.0 Å². The number of nitrogens with zero attached hydrogens (tertiary/aromatic N) is 4. The van der Waals surface area contributed by atoms with E-state index in [9.17, 15) is 23.3 Å². The van der Waals surface area contributed by atoms with E-state index in [2.05, 4.69) is 4.57 Å².